The van der Waals surface area contributed by atoms with Crippen LogP contribution in [0.2, 0.25) is 0 Å². The second-order valence-corrected chi connectivity index (χ2v) is 4.06. The highest BCUT2D eigenvalue weighted by Crippen LogP contribution is 2.30. The molecule has 4 nitrogen and oxygen atoms in total. The predicted octanol–water partition coefficient (Wildman–Crippen LogP) is 2.61. The summed E-state index contributed by atoms with van der Waals surface area (Å²) in [7, 11) is 1.75. The molecule has 2 N–H and O–H groups in total. The largest absolute Gasteiger partial charge is 0.482 e. The average Bonchev–Trinajstić information content (AvgIpc) is 2.74. The van der Waals surface area contributed by atoms with Crippen LogP contribution in [0.15, 0.2) is 30.6 Å². The predicted molar refractivity (Wildman–Crippen MR) is 64.6 cm³/mol. The van der Waals surface area contributed by atoms with Gasteiger partial charge in [-0.3, -0.25) is 4.68 Å². The van der Waals surface area contributed by atoms with Gasteiger partial charge in [-0.2, -0.15) is 18.3 Å². The van der Waals surface area contributed by atoms with Crippen LogP contribution in [0.4, 0.5) is 18.9 Å². The third-order valence-electron chi connectivity index (χ3n) is 2.44. The summed E-state index contributed by atoms with van der Waals surface area (Å²) in [5.74, 6) is 0.0127. The van der Waals surface area contributed by atoms with E-state index in [9.17, 15) is 13.2 Å². The number of ether oxygens (including phenoxy) is 1. The summed E-state index contributed by atoms with van der Waals surface area (Å²) in [6.07, 6.45) is -1.03. The first-order valence-electron chi connectivity index (χ1n) is 5.43. The van der Waals surface area contributed by atoms with E-state index in [0.717, 1.165) is 5.56 Å². The molecule has 2 aromatic rings. The molecule has 0 fully saturated rings. The first-order chi connectivity index (χ1) is 8.85. The number of benzene rings is 1. The third-order valence-corrected chi connectivity index (χ3v) is 2.44. The van der Waals surface area contributed by atoms with Crippen molar-refractivity contribution in [3.8, 4) is 16.9 Å². The van der Waals surface area contributed by atoms with Crippen LogP contribution in [0, 0.1) is 0 Å². The zero-order valence-electron chi connectivity index (χ0n) is 10.1. The van der Waals surface area contributed by atoms with Gasteiger partial charge in [-0.25, -0.2) is 0 Å². The van der Waals surface area contributed by atoms with Crippen molar-refractivity contribution in [2.24, 2.45) is 7.05 Å². The molecule has 0 amide bonds. The number of aryl methyl sites for hydroxylation is 1. The summed E-state index contributed by atoms with van der Waals surface area (Å²) in [4.78, 5) is 0. The number of aromatic nitrogens is 2. The number of anilines is 1. The van der Waals surface area contributed by atoms with Crippen molar-refractivity contribution in [1.82, 2.24) is 9.78 Å². The van der Waals surface area contributed by atoms with Gasteiger partial charge in [0, 0.05) is 18.8 Å². The minimum atomic E-state index is -4.39. The van der Waals surface area contributed by atoms with E-state index in [1.807, 2.05) is 0 Å². The number of halogens is 3. The van der Waals surface area contributed by atoms with E-state index >= 15 is 0 Å². The standard InChI is InChI=1S/C12H12F3N3O/c1-18-6-9(5-17-18)8-2-3-10(16)11(4-8)19-7-12(13,14)15/h2-6H,7,16H2,1H3. The molecule has 0 unspecified atom stereocenters. The second kappa shape index (κ2) is 4.83. The Morgan fingerprint density at radius 2 is 2.05 bits per heavy atom. The molecule has 7 heteroatoms. The molecule has 19 heavy (non-hydrogen) atoms. The Bertz CT molecular complexity index is 578. The number of alkyl halides is 3. The lowest BCUT2D eigenvalue weighted by Gasteiger charge is -2.12. The van der Waals surface area contributed by atoms with Crippen LogP contribution in [0.1, 0.15) is 0 Å². The van der Waals surface area contributed by atoms with E-state index in [0.29, 0.717) is 5.56 Å². The van der Waals surface area contributed by atoms with Crippen molar-refractivity contribution in [3.05, 3.63) is 30.6 Å². The maximum Gasteiger partial charge on any atom is 0.422 e. The van der Waals surface area contributed by atoms with Gasteiger partial charge >= 0.3 is 6.18 Å². The Morgan fingerprint density at radius 3 is 2.63 bits per heavy atom. The van der Waals surface area contributed by atoms with E-state index < -0.39 is 12.8 Å². The Hall–Kier alpha value is -2.18. The van der Waals surface area contributed by atoms with Gasteiger partial charge in [-0.05, 0) is 17.7 Å². The smallest absolute Gasteiger partial charge is 0.422 e. The van der Waals surface area contributed by atoms with Crippen LogP contribution in [0.5, 0.6) is 5.75 Å². The van der Waals surface area contributed by atoms with Crippen molar-refractivity contribution in [2.75, 3.05) is 12.3 Å². The van der Waals surface area contributed by atoms with Crippen molar-refractivity contribution in [1.29, 1.82) is 0 Å². The minimum Gasteiger partial charge on any atom is -0.482 e. The molecule has 1 heterocycles. The Morgan fingerprint density at radius 1 is 1.32 bits per heavy atom. The molecule has 0 saturated carbocycles. The maximum atomic E-state index is 12.1. The van der Waals surface area contributed by atoms with E-state index in [1.54, 1.807) is 30.2 Å². The lowest BCUT2D eigenvalue weighted by atomic mass is 10.1. The molecule has 2 rings (SSSR count). The van der Waals surface area contributed by atoms with Crippen molar-refractivity contribution < 1.29 is 17.9 Å². The van der Waals surface area contributed by atoms with Gasteiger partial charge in [0.25, 0.3) is 0 Å². The fourth-order valence-electron chi connectivity index (χ4n) is 1.57. The number of hydrogen-bond donors (Lipinski definition) is 1. The number of rotatable bonds is 3. The fourth-order valence-corrected chi connectivity index (χ4v) is 1.57. The summed E-state index contributed by atoms with van der Waals surface area (Å²) in [6, 6.07) is 4.68. The second-order valence-electron chi connectivity index (χ2n) is 4.06. The molecule has 0 bridgehead atoms. The quantitative estimate of drug-likeness (QED) is 0.873. The van der Waals surface area contributed by atoms with Gasteiger partial charge in [0.1, 0.15) is 5.75 Å². The van der Waals surface area contributed by atoms with E-state index in [1.165, 1.54) is 12.1 Å². The minimum absolute atomic E-state index is 0.0127. The van der Waals surface area contributed by atoms with Crippen molar-refractivity contribution >= 4 is 5.69 Å². The molecule has 0 radical (unpaired) electrons. The summed E-state index contributed by atoms with van der Waals surface area (Å²) in [5.41, 5.74) is 7.22. The molecule has 0 spiro atoms. The van der Waals surface area contributed by atoms with Crippen LogP contribution in [0.3, 0.4) is 0 Å². The lowest BCUT2D eigenvalue weighted by molar-refractivity contribution is -0.153. The van der Waals surface area contributed by atoms with Gasteiger partial charge in [-0.15, -0.1) is 0 Å². The molecule has 0 saturated heterocycles. The zero-order chi connectivity index (χ0) is 14.0. The van der Waals surface area contributed by atoms with Gasteiger partial charge in [0.15, 0.2) is 6.61 Å². The highest BCUT2D eigenvalue weighted by Gasteiger charge is 2.28. The Labute approximate surface area is 107 Å². The van der Waals surface area contributed by atoms with Gasteiger partial charge in [-0.1, -0.05) is 6.07 Å². The van der Waals surface area contributed by atoms with E-state index in [2.05, 4.69) is 5.10 Å². The summed E-state index contributed by atoms with van der Waals surface area (Å²) >= 11 is 0. The van der Waals surface area contributed by atoms with Crippen LogP contribution in [-0.4, -0.2) is 22.6 Å². The zero-order valence-corrected chi connectivity index (χ0v) is 10.1. The van der Waals surface area contributed by atoms with Crippen LogP contribution in [-0.2, 0) is 7.05 Å². The molecule has 1 aromatic carbocycles. The average molecular weight is 271 g/mol. The SMILES string of the molecule is Cn1cc(-c2ccc(N)c(OCC(F)(F)F)c2)cn1. The molecule has 0 aliphatic heterocycles. The normalized spacial score (nSPS) is 11.6. The Kier molecular flexibility index (Phi) is 3.37. The highest BCUT2D eigenvalue weighted by atomic mass is 19.4. The molecular formula is C12H12F3N3O. The van der Waals surface area contributed by atoms with Gasteiger partial charge in [0.05, 0.1) is 11.9 Å². The summed E-state index contributed by atoms with van der Waals surface area (Å²) in [5, 5.41) is 3.99. The van der Waals surface area contributed by atoms with Crippen molar-refractivity contribution in [2.45, 2.75) is 6.18 Å². The monoisotopic (exact) mass is 271 g/mol. The number of nitrogens with zero attached hydrogens (tertiary/aromatic N) is 2. The van der Waals surface area contributed by atoms with Crippen LogP contribution in [0.25, 0.3) is 11.1 Å². The first kappa shape index (κ1) is 13.3. The number of nitrogen functional groups attached to an aromatic ring is 1. The molecular weight excluding hydrogens is 259 g/mol. The molecule has 1 aromatic heterocycles. The van der Waals surface area contributed by atoms with E-state index in [4.69, 9.17) is 10.5 Å². The van der Waals surface area contributed by atoms with Crippen LogP contribution >= 0.6 is 0 Å². The van der Waals surface area contributed by atoms with Gasteiger partial charge in [0.2, 0.25) is 0 Å². The Balaban J connectivity index is 2.24. The maximum absolute atomic E-state index is 12.1. The summed E-state index contributed by atoms with van der Waals surface area (Å²) in [6.45, 7) is -1.37. The molecule has 0 aliphatic rings. The molecule has 0 aliphatic carbocycles. The van der Waals surface area contributed by atoms with Gasteiger partial charge < -0.3 is 10.5 Å². The fraction of sp³-hybridized carbons (Fsp3) is 0.250. The highest BCUT2D eigenvalue weighted by molar-refractivity contribution is 5.68. The molecule has 102 valence electrons. The topological polar surface area (TPSA) is 53.1 Å². The summed E-state index contributed by atoms with van der Waals surface area (Å²) < 4.78 is 42.7. The first-order valence-corrected chi connectivity index (χ1v) is 5.43. The number of hydrogen-bond acceptors (Lipinski definition) is 3. The van der Waals surface area contributed by atoms with Crippen molar-refractivity contribution in [3.63, 3.8) is 0 Å². The van der Waals surface area contributed by atoms with Crippen LogP contribution < -0.4 is 10.5 Å². The third kappa shape index (κ3) is 3.40. The lowest BCUT2D eigenvalue weighted by Crippen LogP contribution is -2.19. The number of nitrogens with two attached hydrogens (primary N) is 1. The van der Waals surface area contributed by atoms with E-state index in [-0.39, 0.29) is 11.4 Å². The molecule has 0 atom stereocenters.